The van der Waals surface area contributed by atoms with E-state index < -0.39 is 89.4 Å². The lowest BCUT2D eigenvalue weighted by atomic mass is 9.84. The molecule has 8 aromatic rings. The molecule has 0 radical (unpaired) electrons. The third-order valence-electron chi connectivity index (χ3n) is 17.5. The van der Waals surface area contributed by atoms with E-state index in [0.29, 0.717) is 12.2 Å². The van der Waals surface area contributed by atoms with Crippen molar-refractivity contribution < 1.29 is 43.0 Å². The van der Waals surface area contributed by atoms with Crippen molar-refractivity contribution in [3.63, 3.8) is 0 Å². The summed E-state index contributed by atoms with van der Waals surface area (Å²) in [5.74, 6) is -4.16. The fourth-order valence-electron chi connectivity index (χ4n) is 12.3. The van der Waals surface area contributed by atoms with Gasteiger partial charge in [0.05, 0.1) is 22.5 Å². The monoisotopic (exact) mass is 1370 g/mol. The van der Waals surface area contributed by atoms with Crippen molar-refractivity contribution in [2.45, 2.75) is 113 Å². The number of thioether (sulfide) groups is 2. The normalized spacial score (nSPS) is 13.7. The molecule has 0 bridgehead atoms. The largest absolute Gasteiger partial charge is 0.466 e. The highest BCUT2D eigenvalue weighted by molar-refractivity contribution is 8.01. The lowest BCUT2D eigenvalue weighted by Crippen LogP contribution is -2.57. The summed E-state index contributed by atoms with van der Waals surface area (Å²) >= 11 is 3.21. The molecule has 1 aliphatic rings. The summed E-state index contributed by atoms with van der Waals surface area (Å²) < 4.78 is 16.4. The predicted octanol–water partition coefficient (Wildman–Crippen LogP) is 15.8. The molecule has 4 N–H and O–H groups in total. The average molecular weight is 1370 g/mol. The molecule has 9 rings (SSSR count). The fraction of sp³-hybridized carbons (Fsp3) is 0.293. The minimum Gasteiger partial charge on any atom is -0.466 e. The number of fused-ring (bicyclic) bond motifs is 3. The first-order valence-electron chi connectivity index (χ1n) is 33.7. The van der Waals surface area contributed by atoms with Gasteiger partial charge in [0, 0.05) is 19.7 Å². The van der Waals surface area contributed by atoms with Crippen LogP contribution >= 0.6 is 23.5 Å². The van der Waals surface area contributed by atoms with Gasteiger partial charge in [0.2, 0.25) is 11.8 Å². The molecule has 4 atom stereocenters. The topological polar surface area (TPSA) is 178 Å². The van der Waals surface area contributed by atoms with Crippen LogP contribution in [-0.4, -0.2) is 92.8 Å². The Hall–Kier alpha value is -9.22. The second-order valence-corrected chi connectivity index (χ2v) is 34.4. The van der Waals surface area contributed by atoms with Gasteiger partial charge in [-0.05, 0) is 98.7 Å². The molecule has 4 amide bonds. The number of hydrogen-bond acceptors (Lipinski definition) is 11. The molecule has 0 saturated carbocycles. The van der Waals surface area contributed by atoms with E-state index >= 15 is 4.79 Å². The standard InChI is InChI=1S/C82H90N4O9S2Si/c1-9-71(76(88)85-75(58(4)5)79(91)95-65(54-73(87)93-51-53-98(6,7)8)46-32-33-52-96-81(59-34-16-10-17-35-59,60-36-18-11-19-37-60)61-38-20-12-21-39-61)83-77(89)72(56-97-82(62-40-22-13-23-41-62,63-42-24-14-25-43-63)64-44-26-15-27-45-64)84-78(90)74(57(2)3)86-80(92)94-55-70-68-49-30-28-47-66(68)67-48-29-31-50-69(67)70/h9-32,34-50,57-58,65,70,72,74-75H,33,51-56H2,1-8H3,(H,83,89)(H,84,90)(H,85,88)(H,86,92)/b46-32-,71-9-/t65-,72-,74+,75+/m1/s1. The molecule has 16 heteroatoms. The van der Waals surface area contributed by atoms with E-state index in [9.17, 15) is 24.0 Å². The lowest BCUT2D eigenvalue weighted by Gasteiger charge is -2.36. The number of carbonyl (C=O) groups is 6. The summed E-state index contributed by atoms with van der Waals surface area (Å²) in [5, 5.41) is 11.4. The van der Waals surface area contributed by atoms with Crippen LogP contribution in [0, 0.1) is 11.8 Å². The average Bonchev–Trinajstić information content (AvgIpc) is 1.34. The first-order chi connectivity index (χ1) is 47.3. The number of benzene rings is 8. The van der Waals surface area contributed by atoms with Crippen LogP contribution in [0.1, 0.15) is 97.9 Å². The summed E-state index contributed by atoms with van der Waals surface area (Å²) in [6.07, 6.45) is 3.48. The molecule has 0 fully saturated rings. The predicted molar refractivity (Wildman–Crippen MR) is 398 cm³/mol. The van der Waals surface area contributed by atoms with Crippen molar-refractivity contribution in [3.05, 3.63) is 299 Å². The molecule has 0 aromatic heterocycles. The molecule has 13 nitrogen and oxygen atoms in total. The molecule has 98 heavy (non-hydrogen) atoms. The summed E-state index contributed by atoms with van der Waals surface area (Å²) in [6, 6.07) is 74.0. The van der Waals surface area contributed by atoms with Crippen molar-refractivity contribution in [3.8, 4) is 11.1 Å². The summed E-state index contributed by atoms with van der Waals surface area (Å²) in [5.41, 5.74) is 10.1. The second kappa shape index (κ2) is 34.8. The summed E-state index contributed by atoms with van der Waals surface area (Å²) in [4.78, 5) is 87.1. The number of alkyl carbamates (subject to hydrolysis) is 1. The van der Waals surface area contributed by atoms with Gasteiger partial charge in [-0.2, -0.15) is 0 Å². The Bertz CT molecular complexity index is 3770. The molecule has 0 saturated heterocycles. The SMILES string of the molecule is C/C=C(\NC(=O)[C@@H](CSC(c1ccccc1)(c1ccccc1)c1ccccc1)NC(=O)[C@@H](NC(=O)OCC1c2ccccc2-c2ccccc21)C(C)C)C(=O)N[C@H](C(=O)O[C@H](/C=C\CCSC(c1ccccc1)(c1ccccc1)c1ccccc1)CC(=O)OCC[Si](C)(C)C)C(C)C. The first-order valence-corrected chi connectivity index (χ1v) is 39.3. The number of amides is 4. The van der Waals surface area contributed by atoms with Crippen LogP contribution in [0.4, 0.5) is 4.79 Å². The van der Waals surface area contributed by atoms with Crippen molar-refractivity contribution in [1.29, 1.82) is 0 Å². The van der Waals surface area contributed by atoms with Gasteiger partial charge in [-0.1, -0.05) is 290 Å². The van der Waals surface area contributed by atoms with Crippen LogP contribution in [0.2, 0.25) is 25.7 Å². The quantitative estimate of drug-likeness (QED) is 0.00600. The number of carbonyl (C=O) groups excluding carboxylic acids is 6. The maximum Gasteiger partial charge on any atom is 0.407 e. The zero-order chi connectivity index (χ0) is 69.7. The number of nitrogens with one attached hydrogen (secondary N) is 4. The van der Waals surface area contributed by atoms with Gasteiger partial charge >= 0.3 is 18.0 Å². The Balaban J connectivity index is 0.944. The molecule has 0 spiro atoms. The van der Waals surface area contributed by atoms with E-state index in [1.165, 1.54) is 17.8 Å². The zero-order valence-corrected chi connectivity index (χ0v) is 59.8. The third kappa shape index (κ3) is 18.5. The molecule has 8 aromatic carbocycles. The van der Waals surface area contributed by atoms with E-state index in [2.05, 4.69) is 126 Å². The van der Waals surface area contributed by atoms with Crippen LogP contribution in [-0.2, 0) is 47.7 Å². The number of ether oxygens (including phenoxy) is 3. The smallest absolute Gasteiger partial charge is 0.407 e. The minimum absolute atomic E-state index is 0.0186. The Morgan fingerprint density at radius 2 is 0.949 bits per heavy atom. The van der Waals surface area contributed by atoms with Gasteiger partial charge in [-0.15, -0.1) is 23.5 Å². The van der Waals surface area contributed by atoms with Crippen LogP contribution in [0.25, 0.3) is 11.1 Å². The highest BCUT2D eigenvalue weighted by Crippen LogP contribution is 2.50. The van der Waals surface area contributed by atoms with E-state index in [1.54, 1.807) is 52.5 Å². The molecular weight excluding hydrogens is 1280 g/mol. The Kier molecular flexibility index (Phi) is 25.9. The molecule has 0 aliphatic heterocycles. The molecule has 0 unspecified atom stereocenters. The number of esters is 2. The maximum atomic E-state index is 15.3. The third-order valence-corrected chi connectivity index (χ3v) is 22.4. The zero-order valence-electron chi connectivity index (χ0n) is 57.2. The summed E-state index contributed by atoms with van der Waals surface area (Å²) in [6.45, 7) is 15.5. The molecule has 0 heterocycles. The van der Waals surface area contributed by atoms with Crippen LogP contribution in [0.3, 0.4) is 0 Å². The van der Waals surface area contributed by atoms with E-state index in [4.69, 9.17) is 14.2 Å². The van der Waals surface area contributed by atoms with E-state index in [1.807, 2.05) is 152 Å². The van der Waals surface area contributed by atoms with E-state index in [-0.39, 0.29) is 37.0 Å². The number of rotatable bonds is 32. The van der Waals surface area contributed by atoms with Gasteiger partial charge in [0.15, 0.2) is 0 Å². The van der Waals surface area contributed by atoms with Gasteiger partial charge in [0.1, 0.15) is 36.5 Å². The Morgan fingerprint density at radius 1 is 0.520 bits per heavy atom. The van der Waals surface area contributed by atoms with Gasteiger partial charge in [-0.25, -0.2) is 9.59 Å². The second-order valence-electron chi connectivity index (χ2n) is 26.3. The highest BCUT2D eigenvalue weighted by Gasteiger charge is 2.41. The Morgan fingerprint density at radius 3 is 1.38 bits per heavy atom. The van der Waals surface area contributed by atoms with Crippen molar-refractivity contribution in [1.82, 2.24) is 21.3 Å². The number of hydrogen-bond donors (Lipinski definition) is 4. The van der Waals surface area contributed by atoms with E-state index in [0.717, 1.165) is 61.7 Å². The van der Waals surface area contributed by atoms with Gasteiger partial charge in [0.25, 0.3) is 5.91 Å². The van der Waals surface area contributed by atoms with Gasteiger partial charge in [-0.3, -0.25) is 19.2 Å². The number of allylic oxidation sites excluding steroid dienone is 2. The van der Waals surface area contributed by atoms with Crippen molar-refractivity contribution in [2.24, 2.45) is 11.8 Å². The minimum atomic E-state index is -1.56. The molecule has 1 aliphatic carbocycles. The maximum absolute atomic E-state index is 15.3. The molecular formula is C82H90N4O9S2Si. The lowest BCUT2D eigenvalue weighted by molar-refractivity contribution is -0.156. The fourth-order valence-corrected chi connectivity index (χ4v) is 16.0. The van der Waals surface area contributed by atoms with Crippen LogP contribution in [0.5, 0.6) is 0 Å². The van der Waals surface area contributed by atoms with Crippen molar-refractivity contribution in [2.75, 3.05) is 24.7 Å². The highest BCUT2D eigenvalue weighted by atomic mass is 32.2. The van der Waals surface area contributed by atoms with Gasteiger partial charge < -0.3 is 35.5 Å². The van der Waals surface area contributed by atoms with Crippen LogP contribution < -0.4 is 21.3 Å². The van der Waals surface area contributed by atoms with Crippen LogP contribution in [0.15, 0.2) is 254 Å². The molecule has 508 valence electrons. The first kappa shape index (κ1) is 73.0. The summed E-state index contributed by atoms with van der Waals surface area (Å²) in [7, 11) is -1.56. The Labute approximate surface area is 587 Å². The van der Waals surface area contributed by atoms with Crippen molar-refractivity contribution >= 4 is 67.4 Å².